The fraction of sp³-hybridized carbons (Fsp3) is 0.235. The molecular formula is C17H17NO3. The molecule has 1 atom stereocenters. The number of rotatable bonds is 3. The summed E-state index contributed by atoms with van der Waals surface area (Å²) in [5.74, 6) is 1.38. The highest BCUT2D eigenvalue weighted by atomic mass is 16.5. The first kappa shape index (κ1) is 13.5. The van der Waals surface area contributed by atoms with Gasteiger partial charge in [0.1, 0.15) is 11.5 Å². The van der Waals surface area contributed by atoms with E-state index in [1.165, 1.54) is 0 Å². The number of fused-ring (bicyclic) bond motifs is 1. The first-order valence-electron chi connectivity index (χ1n) is 6.83. The average molecular weight is 283 g/mol. The molecule has 0 aliphatic carbocycles. The summed E-state index contributed by atoms with van der Waals surface area (Å²) in [7, 11) is 3.25. The predicted octanol–water partition coefficient (Wildman–Crippen LogP) is 2.98. The molecule has 1 unspecified atom stereocenters. The van der Waals surface area contributed by atoms with Gasteiger partial charge in [-0.15, -0.1) is 0 Å². The van der Waals surface area contributed by atoms with Gasteiger partial charge in [-0.2, -0.15) is 0 Å². The predicted molar refractivity (Wildman–Crippen MR) is 81.1 cm³/mol. The monoisotopic (exact) mass is 283 g/mol. The molecule has 0 radical (unpaired) electrons. The van der Waals surface area contributed by atoms with E-state index >= 15 is 0 Å². The Kier molecular flexibility index (Phi) is 3.52. The Morgan fingerprint density at radius 1 is 1.00 bits per heavy atom. The van der Waals surface area contributed by atoms with Crippen LogP contribution in [0.1, 0.15) is 17.0 Å². The van der Waals surface area contributed by atoms with Gasteiger partial charge in [-0.05, 0) is 35.7 Å². The molecule has 3 rings (SSSR count). The Balaban J connectivity index is 1.89. The molecule has 2 aromatic rings. The Labute approximate surface area is 123 Å². The third-order valence-electron chi connectivity index (χ3n) is 3.83. The zero-order valence-corrected chi connectivity index (χ0v) is 12.1. The molecule has 0 aromatic heterocycles. The van der Waals surface area contributed by atoms with E-state index in [2.05, 4.69) is 5.32 Å². The van der Waals surface area contributed by atoms with E-state index in [0.29, 0.717) is 6.42 Å². The van der Waals surface area contributed by atoms with Crippen molar-refractivity contribution in [3.05, 3.63) is 53.6 Å². The molecule has 2 aromatic carbocycles. The van der Waals surface area contributed by atoms with Crippen molar-refractivity contribution in [1.82, 2.24) is 0 Å². The molecule has 0 bridgehead atoms. The van der Waals surface area contributed by atoms with Crippen LogP contribution in [0.5, 0.6) is 11.5 Å². The molecule has 4 heteroatoms. The van der Waals surface area contributed by atoms with Crippen molar-refractivity contribution in [2.75, 3.05) is 19.5 Å². The number of nitrogens with one attached hydrogen (secondary N) is 1. The van der Waals surface area contributed by atoms with E-state index in [1.807, 2.05) is 42.5 Å². The van der Waals surface area contributed by atoms with Crippen molar-refractivity contribution in [2.45, 2.75) is 12.3 Å². The van der Waals surface area contributed by atoms with Crippen molar-refractivity contribution in [2.24, 2.45) is 0 Å². The second kappa shape index (κ2) is 5.48. The van der Waals surface area contributed by atoms with Crippen molar-refractivity contribution in [1.29, 1.82) is 0 Å². The maximum Gasteiger partial charge on any atom is 0.232 e. The quantitative estimate of drug-likeness (QED) is 0.942. The number of amides is 1. The second-order valence-corrected chi connectivity index (χ2v) is 5.04. The Morgan fingerprint density at radius 2 is 1.67 bits per heavy atom. The zero-order chi connectivity index (χ0) is 14.8. The van der Waals surface area contributed by atoms with Crippen LogP contribution in [-0.4, -0.2) is 20.1 Å². The van der Waals surface area contributed by atoms with Crippen molar-refractivity contribution >= 4 is 11.6 Å². The third kappa shape index (κ3) is 2.57. The minimum Gasteiger partial charge on any atom is -0.497 e. The minimum absolute atomic E-state index is 0.0147. The van der Waals surface area contributed by atoms with Crippen LogP contribution in [0.3, 0.4) is 0 Å². The smallest absolute Gasteiger partial charge is 0.232 e. The lowest BCUT2D eigenvalue weighted by atomic mass is 9.87. The van der Waals surface area contributed by atoms with Gasteiger partial charge in [0.15, 0.2) is 0 Å². The molecule has 1 aliphatic heterocycles. The summed E-state index contributed by atoms with van der Waals surface area (Å²) in [6.07, 6.45) is 0.692. The van der Waals surface area contributed by atoms with Crippen LogP contribution in [0.15, 0.2) is 42.5 Å². The number of carbonyl (C=O) groups excluding carboxylic acids is 1. The van der Waals surface area contributed by atoms with Gasteiger partial charge in [0.05, 0.1) is 20.1 Å². The van der Waals surface area contributed by atoms with Crippen molar-refractivity contribution in [3.63, 3.8) is 0 Å². The fourth-order valence-corrected chi connectivity index (χ4v) is 2.61. The zero-order valence-electron chi connectivity index (χ0n) is 12.1. The highest BCUT2D eigenvalue weighted by molar-refractivity contribution is 5.99. The van der Waals surface area contributed by atoms with E-state index < -0.39 is 0 Å². The summed E-state index contributed by atoms with van der Waals surface area (Å²) in [4.78, 5) is 12.3. The second-order valence-electron chi connectivity index (χ2n) is 5.04. The van der Waals surface area contributed by atoms with Crippen LogP contribution in [0.4, 0.5) is 5.69 Å². The van der Waals surface area contributed by atoms with Gasteiger partial charge in [-0.25, -0.2) is 0 Å². The number of methoxy groups -OCH3 is 2. The fourth-order valence-electron chi connectivity index (χ4n) is 2.61. The molecule has 1 amide bonds. The van der Waals surface area contributed by atoms with E-state index in [0.717, 1.165) is 28.3 Å². The topological polar surface area (TPSA) is 47.6 Å². The van der Waals surface area contributed by atoms with Crippen LogP contribution >= 0.6 is 0 Å². The summed E-state index contributed by atoms with van der Waals surface area (Å²) in [5, 5.41) is 2.96. The lowest BCUT2D eigenvalue weighted by Crippen LogP contribution is -2.28. The highest BCUT2D eigenvalue weighted by Gasteiger charge is 2.27. The van der Waals surface area contributed by atoms with E-state index in [4.69, 9.17) is 9.47 Å². The molecule has 1 N–H and O–H groups in total. The van der Waals surface area contributed by atoms with Crippen molar-refractivity contribution < 1.29 is 14.3 Å². The maximum absolute atomic E-state index is 12.3. The number of ether oxygens (including phenoxy) is 2. The van der Waals surface area contributed by atoms with Crippen LogP contribution in [0.25, 0.3) is 0 Å². The number of hydrogen-bond donors (Lipinski definition) is 1. The number of anilines is 1. The Morgan fingerprint density at radius 3 is 2.33 bits per heavy atom. The molecule has 108 valence electrons. The first-order chi connectivity index (χ1) is 10.2. The van der Waals surface area contributed by atoms with E-state index in [9.17, 15) is 4.79 Å². The molecule has 21 heavy (non-hydrogen) atoms. The number of benzene rings is 2. The average Bonchev–Trinajstić information content (AvgIpc) is 2.53. The molecule has 0 saturated carbocycles. The van der Waals surface area contributed by atoms with Crippen LogP contribution in [-0.2, 0) is 11.2 Å². The summed E-state index contributed by atoms with van der Waals surface area (Å²) in [5.41, 5.74) is 2.95. The summed E-state index contributed by atoms with van der Waals surface area (Å²) in [6, 6.07) is 13.4. The van der Waals surface area contributed by atoms with Gasteiger partial charge in [0, 0.05) is 11.8 Å². The normalized spacial score (nSPS) is 16.9. The lowest BCUT2D eigenvalue weighted by Gasteiger charge is -2.25. The van der Waals surface area contributed by atoms with Gasteiger partial charge in [-0.1, -0.05) is 18.2 Å². The summed E-state index contributed by atoms with van der Waals surface area (Å²) < 4.78 is 10.3. The molecule has 0 fully saturated rings. The van der Waals surface area contributed by atoms with Gasteiger partial charge in [0.2, 0.25) is 5.91 Å². The molecule has 0 spiro atoms. The van der Waals surface area contributed by atoms with Crippen LogP contribution in [0, 0.1) is 0 Å². The highest BCUT2D eigenvalue weighted by Crippen LogP contribution is 2.34. The summed E-state index contributed by atoms with van der Waals surface area (Å²) in [6.45, 7) is 0. The SMILES string of the molecule is COc1ccc(C2Cc3ccc(OC)cc3NC2=O)cc1. The molecule has 1 aliphatic rings. The van der Waals surface area contributed by atoms with E-state index in [1.54, 1.807) is 14.2 Å². The number of carbonyl (C=O) groups is 1. The van der Waals surface area contributed by atoms with Gasteiger partial charge >= 0.3 is 0 Å². The first-order valence-corrected chi connectivity index (χ1v) is 6.83. The lowest BCUT2D eigenvalue weighted by molar-refractivity contribution is -0.117. The molecule has 0 saturated heterocycles. The van der Waals surface area contributed by atoms with Crippen LogP contribution < -0.4 is 14.8 Å². The Hall–Kier alpha value is -2.49. The minimum atomic E-state index is -0.170. The molecule has 1 heterocycles. The largest absolute Gasteiger partial charge is 0.497 e. The maximum atomic E-state index is 12.3. The van der Waals surface area contributed by atoms with E-state index in [-0.39, 0.29) is 11.8 Å². The standard InChI is InChI=1S/C17H17NO3/c1-20-13-6-3-11(4-7-13)15-9-12-5-8-14(21-2)10-16(12)18-17(15)19/h3-8,10,15H,9H2,1-2H3,(H,18,19). The molecule has 4 nitrogen and oxygen atoms in total. The number of hydrogen-bond acceptors (Lipinski definition) is 3. The molecular weight excluding hydrogens is 266 g/mol. The Bertz CT molecular complexity index is 664. The summed E-state index contributed by atoms with van der Waals surface area (Å²) >= 11 is 0. The third-order valence-corrected chi connectivity index (χ3v) is 3.83. The van der Waals surface area contributed by atoms with Gasteiger partial charge in [0.25, 0.3) is 0 Å². The van der Waals surface area contributed by atoms with Gasteiger partial charge in [-0.3, -0.25) is 4.79 Å². The van der Waals surface area contributed by atoms with Crippen molar-refractivity contribution in [3.8, 4) is 11.5 Å². The van der Waals surface area contributed by atoms with Gasteiger partial charge < -0.3 is 14.8 Å². The van der Waals surface area contributed by atoms with Crippen LogP contribution in [0.2, 0.25) is 0 Å².